The number of rotatable bonds is 8. The maximum Gasteiger partial charge on any atom is 0.261 e. The van der Waals surface area contributed by atoms with Gasteiger partial charge in [-0.2, -0.15) is 0 Å². The Labute approximate surface area is 174 Å². The van der Waals surface area contributed by atoms with Gasteiger partial charge in [0, 0.05) is 13.1 Å². The number of aromatic nitrogens is 1. The molecule has 28 heavy (non-hydrogen) atoms. The van der Waals surface area contributed by atoms with Gasteiger partial charge in [-0.3, -0.25) is 9.69 Å². The maximum atomic E-state index is 13.3. The Bertz CT molecular complexity index is 956. The van der Waals surface area contributed by atoms with Crippen molar-refractivity contribution in [2.75, 3.05) is 38.2 Å². The highest BCUT2D eigenvalue weighted by Crippen LogP contribution is 2.35. The van der Waals surface area contributed by atoms with Crippen molar-refractivity contribution >= 4 is 44.2 Å². The Kier molecular flexibility index (Phi) is 6.88. The molecule has 0 spiro atoms. The first-order valence-corrected chi connectivity index (χ1v) is 10.5. The summed E-state index contributed by atoms with van der Waals surface area (Å²) in [4.78, 5) is 22.1. The smallest absolute Gasteiger partial charge is 0.261 e. The van der Waals surface area contributed by atoms with Gasteiger partial charge >= 0.3 is 0 Å². The van der Waals surface area contributed by atoms with E-state index in [-0.39, 0.29) is 5.91 Å². The third-order valence-electron chi connectivity index (χ3n) is 4.71. The quantitative estimate of drug-likeness (QED) is 0.520. The summed E-state index contributed by atoms with van der Waals surface area (Å²) < 4.78 is 6.41. The predicted molar refractivity (Wildman–Crippen MR) is 117 cm³/mol. The molecule has 5 nitrogen and oxygen atoms in total. The molecular formula is C21H24ClN3O2S. The predicted octanol–water partition coefficient (Wildman–Crippen LogP) is 4.95. The molecule has 0 radical (unpaired) electrons. The maximum absolute atomic E-state index is 13.3. The zero-order valence-electron chi connectivity index (χ0n) is 16.3. The summed E-state index contributed by atoms with van der Waals surface area (Å²) in [6.07, 6.45) is 0. The Morgan fingerprint density at radius 3 is 2.54 bits per heavy atom. The zero-order chi connectivity index (χ0) is 20.1. The molecule has 0 aliphatic carbocycles. The van der Waals surface area contributed by atoms with Crippen LogP contribution in [0.15, 0.2) is 42.5 Å². The number of nitrogens with zero attached hydrogens (tertiary/aromatic N) is 3. The van der Waals surface area contributed by atoms with Gasteiger partial charge in [-0.25, -0.2) is 4.98 Å². The molecule has 0 aliphatic rings. The Morgan fingerprint density at radius 1 is 1.11 bits per heavy atom. The molecule has 0 atom stereocenters. The van der Waals surface area contributed by atoms with Crippen LogP contribution in [0, 0.1) is 0 Å². The zero-order valence-corrected chi connectivity index (χ0v) is 17.9. The first-order chi connectivity index (χ1) is 13.6. The lowest BCUT2D eigenvalue weighted by Gasteiger charge is -2.25. The van der Waals surface area contributed by atoms with Crippen LogP contribution in [-0.2, 0) is 0 Å². The van der Waals surface area contributed by atoms with Crippen LogP contribution in [0.5, 0.6) is 5.75 Å². The van der Waals surface area contributed by atoms with Gasteiger partial charge in [-0.05, 0) is 37.4 Å². The second-order valence-electron chi connectivity index (χ2n) is 6.27. The Balaban J connectivity index is 2.00. The minimum absolute atomic E-state index is 0.143. The van der Waals surface area contributed by atoms with E-state index in [2.05, 4.69) is 18.7 Å². The summed E-state index contributed by atoms with van der Waals surface area (Å²) in [7, 11) is 1.63. The normalized spacial score (nSPS) is 11.2. The van der Waals surface area contributed by atoms with Crippen molar-refractivity contribution in [3.63, 3.8) is 0 Å². The number of amides is 1. The van der Waals surface area contributed by atoms with Gasteiger partial charge in [0.1, 0.15) is 11.3 Å². The van der Waals surface area contributed by atoms with Crippen LogP contribution >= 0.6 is 22.9 Å². The fourth-order valence-electron chi connectivity index (χ4n) is 3.04. The molecule has 2 aromatic carbocycles. The number of carbonyl (C=O) groups is 1. The molecule has 0 N–H and O–H groups in total. The monoisotopic (exact) mass is 417 g/mol. The first-order valence-electron chi connectivity index (χ1n) is 9.31. The van der Waals surface area contributed by atoms with Gasteiger partial charge in [0.25, 0.3) is 5.91 Å². The van der Waals surface area contributed by atoms with E-state index in [1.807, 2.05) is 30.3 Å². The number of likely N-dealkylation sites (N-methyl/N-ethyl adjacent to an activating group) is 1. The molecule has 1 aromatic heterocycles. The SMILES string of the molecule is CCN(CC)CCN(C(=O)c1ccccc1Cl)c1nc2c(OC)cccc2s1. The second-order valence-corrected chi connectivity index (χ2v) is 7.68. The van der Waals surface area contributed by atoms with Crippen molar-refractivity contribution in [1.82, 2.24) is 9.88 Å². The fourth-order valence-corrected chi connectivity index (χ4v) is 4.26. The summed E-state index contributed by atoms with van der Waals surface area (Å²) in [5.74, 6) is 0.560. The highest BCUT2D eigenvalue weighted by Gasteiger charge is 2.24. The molecule has 148 valence electrons. The number of hydrogen-bond acceptors (Lipinski definition) is 5. The number of carbonyl (C=O) groups excluding carboxylic acids is 1. The number of hydrogen-bond donors (Lipinski definition) is 0. The molecule has 7 heteroatoms. The number of anilines is 1. The molecule has 1 heterocycles. The lowest BCUT2D eigenvalue weighted by molar-refractivity contribution is 0.0984. The fraction of sp³-hybridized carbons (Fsp3) is 0.333. The summed E-state index contributed by atoms with van der Waals surface area (Å²) in [5, 5.41) is 1.09. The molecular weight excluding hydrogens is 394 g/mol. The van der Waals surface area contributed by atoms with Crippen molar-refractivity contribution < 1.29 is 9.53 Å². The largest absolute Gasteiger partial charge is 0.494 e. The summed E-state index contributed by atoms with van der Waals surface area (Å²) in [6.45, 7) is 7.39. The minimum Gasteiger partial charge on any atom is -0.494 e. The van der Waals surface area contributed by atoms with Crippen molar-refractivity contribution in [2.24, 2.45) is 0 Å². The number of fused-ring (bicyclic) bond motifs is 1. The van der Waals surface area contributed by atoms with Gasteiger partial charge < -0.3 is 9.64 Å². The number of ether oxygens (including phenoxy) is 1. The average Bonchev–Trinajstić information content (AvgIpc) is 3.15. The van der Waals surface area contributed by atoms with Crippen molar-refractivity contribution in [3.05, 3.63) is 53.1 Å². The standard InChI is InChI=1S/C21H24ClN3O2S/c1-4-24(5-2)13-14-25(20(26)15-9-6-7-10-16(15)22)21-23-19-17(27-3)11-8-12-18(19)28-21/h6-12H,4-5,13-14H2,1-3H3. The van der Waals surface area contributed by atoms with E-state index in [1.54, 1.807) is 24.1 Å². The molecule has 3 rings (SSSR count). The number of para-hydroxylation sites is 1. The number of halogens is 1. The number of thiazole rings is 1. The van der Waals surface area contributed by atoms with E-state index in [4.69, 9.17) is 21.3 Å². The average molecular weight is 418 g/mol. The van der Waals surface area contributed by atoms with Gasteiger partial charge in [0.15, 0.2) is 5.13 Å². The van der Waals surface area contributed by atoms with Crippen LogP contribution in [0.25, 0.3) is 10.2 Å². The van der Waals surface area contributed by atoms with Gasteiger partial charge in [0.2, 0.25) is 0 Å². The van der Waals surface area contributed by atoms with Crippen molar-refractivity contribution in [3.8, 4) is 5.75 Å². The van der Waals surface area contributed by atoms with E-state index in [0.717, 1.165) is 29.9 Å². The van der Waals surface area contributed by atoms with Crippen molar-refractivity contribution in [1.29, 1.82) is 0 Å². The molecule has 3 aromatic rings. The minimum atomic E-state index is -0.143. The third-order valence-corrected chi connectivity index (χ3v) is 6.08. The molecule has 0 fully saturated rings. The number of methoxy groups -OCH3 is 1. The lowest BCUT2D eigenvalue weighted by atomic mass is 10.2. The van der Waals surface area contributed by atoms with Crippen LogP contribution in [0.4, 0.5) is 5.13 Å². The van der Waals surface area contributed by atoms with Crippen LogP contribution in [0.2, 0.25) is 5.02 Å². The van der Waals surface area contributed by atoms with E-state index in [0.29, 0.717) is 28.0 Å². The third kappa shape index (κ3) is 4.29. The summed E-state index contributed by atoms with van der Waals surface area (Å²) >= 11 is 7.78. The Hall–Kier alpha value is -2.15. The van der Waals surface area contributed by atoms with E-state index in [1.165, 1.54) is 11.3 Å². The first kappa shape index (κ1) is 20.6. The van der Waals surface area contributed by atoms with E-state index < -0.39 is 0 Å². The second kappa shape index (κ2) is 9.37. The molecule has 0 aliphatic heterocycles. The highest BCUT2D eigenvalue weighted by atomic mass is 35.5. The van der Waals surface area contributed by atoms with Crippen molar-refractivity contribution in [2.45, 2.75) is 13.8 Å². The van der Waals surface area contributed by atoms with Crippen LogP contribution in [-0.4, -0.2) is 49.1 Å². The number of benzene rings is 2. The molecule has 0 bridgehead atoms. The van der Waals surface area contributed by atoms with E-state index in [9.17, 15) is 4.79 Å². The van der Waals surface area contributed by atoms with Crippen LogP contribution < -0.4 is 9.64 Å². The highest BCUT2D eigenvalue weighted by molar-refractivity contribution is 7.22. The Morgan fingerprint density at radius 2 is 1.86 bits per heavy atom. The summed E-state index contributed by atoms with van der Waals surface area (Å²) in [6, 6.07) is 12.9. The molecule has 0 saturated carbocycles. The lowest BCUT2D eigenvalue weighted by Crippen LogP contribution is -2.39. The molecule has 1 amide bonds. The van der Waals surface area contributed by atoms with Gasteiger partial charge in [0.05, 0.1) is 22.4 Å². The van der Waals surface area contributed by atoms with Gasteiger partial charge in [-0.15, -0.1) is 0 Å². The van der Waals surface area contributed by atoms with Gasteiger partial charge in [-0.1, -0.05) is 55.0 Å². The van der Waals surface area contributed by atoms with E-state index >= 15 is 0 Å². The summed E-state index contributed by atoms with van der Waals surface area (Å²) in [5.41, 5.74) is 1.25. The molecule has 0 unspecified atom stereocenters. The van der Waals surface area contributed by atoms with Crippen LogP contribution in [0.3, 0.4) is 0 Å². The topological polar surface area (TPSA) is 45.7 Å². The van der Waals surface area contributed by atoms with Crippen LogP contribution in [0.1, 0.15) is 24.2 Å². The molecule has 0 saturated heterocycles.